The summed E-state index contributed by atoms with van der Waals surface area (Å²) in [7, 11) is 0. The van der Waals surface area contributed by atoms with Crippen molar-refractivity contribution >= 4 is 11.0 Å². The van der Waals surface area contributed by atoms with E-state index in [-0.39, 0.29) is 5.82 Å². The van der Waals surface area contributed by atoms with E-state index in [0.29, 0.717) is 11.4 Å². The van der Waals surface area contributed by atoms with Gasteiger partial charge in [0.25, 0.3) is 0 Å². The summed E-state index contributed by atoms with van der Waals surface area (Å²) < 4.78 is 15.9. The molecule has 0 aliphatic carbocycles. The van der Waals surface area contributed by atoms with Gasteiger partial charge in [0.05, 0.1) is 22.9 Å². The maximum atomic E-state index is 13.9. The molecule has 0 spiro atoms. The molecule has 4 rings (SSSR count). The molecular weight excluding hydrogens is 279 g/mol. The highest BCUT2D eigenvalue weighted by molar-refractivity contribution is 5.80. The van der Waals surface area contributed by atoms with Crippen molar-refractivity contribution in [1.29, 1.82) is 0 Å². The van der Waals surface area contributed by atoms with Crippen molar-refractivity contribution in [1.82, 2.24) is 19.5 Å². The SMILES string of the molecule is Fc1ccccc1-c1nc2ccc(Cn3ccnc3)cc2[nH]1. The zero-order valence-corrected chi connectivity index (χ0v) is 11.7. The van der Waals surface area contributed by atoms with Gasteiger partial charge in [-0.15, -0.1) is 0 Å². The number of imidazole rings is 2. The van der Waals surface area contributed by atoms with Crippen LogP contribution in [0.25, 0.3) is 22.4 Å². The quantitative estimate of drug-likeness (QED) is 0.627. The van der Waals surface area contributed by atoms with E-state index in [1.165, 1.54) is 6.07 Å². The minimum Gasteiger partial charge on any atom is -0.338 e. The molecule has 2 aromatic heterocycles. The van der Waals surface area contributed by atoms with Crippen LogP contribution in [-0.2, 0) is 6.54 Å². The summed E-state index contributed by atoms with van der Waals surface area (Å²) in [6.07, 6.45) is 5.45. The third-order valence-electron chi connectivity index (χ3n) is 3.60. The van der Waals surface area contributed by atoms with E-state index in [2.05, 4.69) is 15.0 Å². The fourth-order valence-electron chi connectivity index (χ4n) is 2.53. The van der Waals surface area contributed by atoms with Crippen molar-refractivity contribution < 1.29 is 4.39 Å². The van der Waals surface area contributed by atoms with Crippen LogP contribution in [-0.4, -0.2) is 19.5 Å². The van der Waals surface area contributed by atoms with Crippen LogP contribution in [0.15, 0.2) is 61.2 Å². The van der Waals surface area contributed by atoms with Crippen LogP contribution in [0.2, 0.25) is 0 Å². The summed E-state index contributed by atoms with van der Waals surface area (Å²) in [5.74, 6) is 0.271. The van der Waals surface area contributed by atoms with Gasteiger partial charge in [-0.1, -0.05) is 18.2 Å². The molecule has 0 aliphatic heterocycles. The number of aromatic nitrogens is 4. The molecule has 0 unspecified atom stereocenters. The average Bonchev–Trinajstić information content (AvgIpc) is 3.16. The predicted molar refractivity (Wildman–Crippen MR) is 82.8 cm³/mol. The predicted octanol–water partition coefficient (Wildman–Crippen LogP) is 3.61. The van der Waals surface area contributed by atoms with E-state index in [1.807, 2.05) is 29.0 Å². The highest BCUT2D eigenvalue weighted by Gasteiger charge is 2.09. The van der Waals surface area contributed by atoms with E-state index in [1.54, 1.807) is 30.7 Å². The van der Waals surface area contributed by atoms with Crippen molar-refractivity contribution in [3.8, 4) is 11.4 Å². The number of H-pyrrole nitrogens is 1. The lowest BCUT2D eigenvalue weighted by Gasteiger charge is -2.01. The Balaban J connectivity index is 1.73. The molecule has 108 valence electrons. The van der Waals surface area contributed by atoms with Crippen LogP contribution < -0.4 is 0 Å². The molecule has 22 heavy (non-hydrogen) atoms. The Labute approximate surface area is 126 Å². The number of benzene rings is 2. The van der Waals surface area contributed by atoms with Gasteiger partial charge in [-0.05, 0) is 29.8 Å². The van der Waals surface area contributed by atoms with E-state index < -0.39 is 0 Å². The van der Waals surface area contributed by atoms with Gasteiger partial charge >= 0.3 is 0 Å². The Hall–Kier alpha value is -2.95. The lowest BCUT2D eigenvalue weighted by Crippen LogP contribution is -1.95. The minimum atomic E-state index is -0.278. The van der Waals surface area contributed by atoms with Crippen LogP contribution >= 0.6 is 0 Å². The van der Waals surface area contributed by atoms with Gasteiger partial charge in [-0.2, -0.15) is 0 Å². The first kappa shape index (κ1) is 12.8. The summed E-state index contributed by atoms with van der Waals surface area (Å²) in [5.41, 5.74) is 3.34. The molecule has 4 nitrogen and oxygen atoms in total. The normalized spacial score (nSPS) is 11.1. The van der Waals surface area contributed by atoms with Crippen LogP contribution in [0.1, 0.15) is 5.56 Å². The second-order valence-corrected chi connectivity index (χ2v) is 5.15. The van der Waals surface area contributed by atoms with Crippen LogP contribution in [0.5, 0.6) is 0 Å². The maximum absolute atomic E-state index is 13.9. The summed E-state index contributed by atoms with van der Waals surface area (Å²) >= 11 is 0. The molecule has 4 aromatic rings. The van der Waals surface area contributed by atoms with Gasteiger partial charge in [0, 0.05) is 18.9 Å². The molecule has 0 amide bonds. The smallest absolute Gasteiger partial charge is 0.141 e. The van der Waals surface area contributed by atoms with E-state index in [9.17, 15) is 4.39 Å². The van der Waals surface area contributed by atoms with Crippen molar-refractivity contribution in [3.05, 3.63) is 72.6 Å². The van der Waals surface area contributed by atoms with Gasteiger partial charge < -0.3 is 9.55 Å². The Morgan fingerprint density at radius 3 is 2.86 bits per heavy atom. The molecular formula is C17H13FN4. The molecule has 2 heterocycles. The van der Waals surface area contributed by atoms with Crippen molar-refractivity contribution in [2.75, 3.05) is 0 Å². The van der Waals surface area contributed by atoms with Crippen LogP contribution in [0, 0.1) is 5.82 Å². The summed E-state index contributed by atoms with van der Waals surface area (Å²) in [5, 5.41) is 0. The van der Waals surface area contributed by atoms with E-state index >= 15 is 0 Å². The van der Waals surface area contributed by atoms with Gasteiger partial charge in [0.15, 0.2) is 0 Å². The number of nitrogens with one attached hydrogen (secondary N) is 1. The lowest BCUT2D eigenvalue weighted by atomic mass is 10.2. The molecule has 1 N–H and O–H groups in total. The maximum Gasteiger partial charge on any atom is 0.141 e. The highest BCUT2D eigenvalue weighted by Crippen LogP contribution is 2.23. The third-order valence-corrected chi connectivity index (χ3v) is 3.60. The summed E-state index contributed by atoms with van der Waals surface area (Å²) in [6, 6.07) is 12.6. The molecule has 0 fully saturated rings. The lowest BCUT2D eigenvalue weighted by molar-refractivity contribution is 0.630. The molecule has 0 saturated carbocycles. The third kappa shape index (κ3) is 2.26. The number of nitrogens with zero attached hydrogens (tertiary/aromatic N) is 3. The first-order chi connectivity index (χ1) is 10.8. The molecule has 2 aromatic carbocycles. The fourth-order valence-corrected chi connectivity index (χ4v) is 2.53. The molecule has 0 aliphatic rings. The number of fused-ring (bicyclic) bond motifs is 1. The fraction of sp³-hybridized carbons (Fsp3) is 0.0588. The van der Waals surface area contributed by atoms with Crippen LogP contribution in [0.3, 0.4) is 0 Å². The second kappa shape index (κ2) is 5.11. The topological polar surface area (TPSA) is 46.5 Å². The van der Waals surface area contributed by atoms with Crippen molar-refractivity contribution in [2.24, 2.45) is 0 Å². The van der Waals surface area contributed by atoms with E-state index in [0.717, 1.165) is 23.1 Å². The highest BCUT2D eigenvalue weighted by atomic mass is 19.1. The largest absolute Gasteiger partial charge is 0.338 e. The van der Waals surface area contributed by atoms with Gasteiger partial charge in [0.2, 0.25) is 0 Å². The minimum absolute atomic E-state index is 0.278. The van der Waals surface area contributed by atoms with Crippen molar-refractivity contribution in [2.45, 2.75) is 6.54 Å². The second-order valence-electron chi connectivity index (χ2n) is 5.15. The van der Waals surface area contributed by atoms with E-state index in [4.69, 9.17) is 0 Å². The Morgan fingerprint density at radius 2 is 2.05 bits per heavy atom. The molecule has 5 heteroatoms. The zero-order valence-electron chi connectivity index (χ0n) is 11.7. The number of halogens is 1. The summed E-state index contributed by atoms with van der Waals surface area (Å²) in [6.45, 7) is 0.740. The van der Waals surface area contributed by atoms with Gasteiger partial charge in [0.1, 0.15) is 11.6 Å². The molecule has 0 bridgehead atoms. The number of aromatic amines is 1. The average molecular weight is 292 g/mol. The standard InChI is InChI=1S/C17H13FN4/c18-14-4-2-1-3-13(14)17-20-15-6-5-12(9-16(15)21-17)10-22-8-7-19-11-22/h1-9,11H,10H2,(H,20,21). The zero-order chi connectivity index (χ0) is 14.9. The summed E-state index contributed by atoms with van der Waals surface area (Å²) in [4.78, 5) is 11.7. The van der Waals surface area contributed by atoms with Crippen molar-refractivity contribution in [3.63, 3.8) is 0 Å². The molecule has 0 atom stereocenters. The first-order valence-electron chi connectivity index (χ1n) is 6.99. The Bertz CT molecular complexity index is 925. The Morgan fingerprint density at radius 1 is 1.14 bits per heavy atom. The number of hydrogen-bond acceptors (Lipinski definition) is 2. The Kier molecular flexibility index (Phi) is 2.96. The molecule has 0 saturated heterocycles. The van der Waals surface area contributed by atoms with Gasteiger partial charge in [-0.25, -0.2) is 14.4 Å². The van der Waals surface area contributed by atoms with Crippen LogP contribution in [0.4, 0.5) is 4.39 Å². The first-order valence-corrected chi connectivity index (χ1v) is 6.99. The monoisotopic (exact) mass is 292 g/mol. The molecule has 0 radical (unpaired) electrons. The number of hydrogen-bond donors (Lipinski definition) is 1. The number of rotatable bonds is 3. The van der Waals surface area contributed by atoms with Gasteiger partial charge in [-0.3, -0.25) is 0 Å².